The number of allylic oxidation sites excluding steroid dienone is 1. The molecule has 3 N–H and O–H groups in total. The summed E-state index contributed by atoms with van der Waals surface area (Å²) in [6.45, 7) is 3.15. The lowest BCUT2D eigenvalue weighted by atomic mass is 10.0. The summed E-state index contributed by atoms with van der Waals surface area (Å²) in [7, 11) is 0. The first-order valence-electron chi connectivity index (χ1n) is 18.9. The SMILES string of the molecule is CCCCCCCCCCCCC/C=C/[C@@H](O)[C@H](CO)NC(=O)CCCCCCCCCCCCCCC[n+]1ccccc1. The molecule has 1 aromatic rings. The van der Waals surface area contributed by atoms with Crippen LogP contribution in [-0.2, 0) is 11.3 Å². The van der Waals surface area contributed by atoms with Crippen molar-refractivity contribution in [2.45, 2.75) is 193 Å². The molecule has 254 valence electrons. The summed E-state index contributed by atoms with van der Waals surface area (Å²) in [5.41, 5.74) is 0. The van der Waals surface area contributed by atoms with Gasteiger partial charge in [0.2, 0.25) is 5.91 Å². The van der Waals surface area contributed by atoms with Gasteiger partial charge in [0.1, 0.15) is 6.54 Å². The van der Waals surface area contributed by atoms with Crippen molar-refractivity contribution >= 4 is 5.91 Å². The van der Waals surface area contributed by atoms with Gasteiger partial charge in [-0.05, 0) is 25.7 Å². The molecule has 44 heavy (non-hydrogen) atoms. The quantitative estimate of drug-likeness (QED) is 0.0429. The molecule has 1 heterocycles. The van der Waals surface area contributed by atoms with Crippen molar-refractivity contribution in [3.05, 3.63) is 42.7 Å². The van der Waals surface area contributed by atoms with Crippen LogP contribution in [0.2, 0.25) is 0 Å². The first-order chi connectivity index (χ1) is 21.7. The number of carbonyl (C=O) groups excluding carboxylic acids is 1. The summed E-state index contributed by atoms with van der Waals surface area (Å²) in [6.07, 6.45) is 39.6. The Kier molecular flexibility index (Phi) is 28.6. The van der Waals surface area contributed by atoms with Crippen molar-refractivity contribution in [3.63, 3.8) is 0 Å². The van der Waals surface area contributed by atoms with Crippen molar-refractivity contribution in [1.29, 1.82) is 0 Å². The molecule has 1 amide bonds. The van der Waals surface area contributed by atoms with Crippen molar-refractivity contribution in [2.75, 3.05) is 6.61 Å². The fraction of sp³-hybridized carbons (Fsp3) is 0.795. The minimum Gasteiger partial charge on any atom is -0.394 e. The third-order valence-corrected chi connectivity index (χ3v) is 8.86. The van der Waals surface area contributed by atoms with E-state index in [9.17, 15) is 15.0 Å². The van der Waals surface area contributed by atoms with Crippen LogP contribution in [0, 0.1) is 0 Å². The molecule has 5 nitrogen and oxygen atoms in total. The van der Waals surface area contributed by atoms with Gasteiger partial charge in [-0.15, -0.1) is 0 Å². The Balaban J connectivity index is 1.88. The highest BCUT2D eigenvalue weighted by Crippen LogP contribution is 2.14. The van der Waals surface area contributed by atoms with E-state index < -0.39 is 12.1 Å². The van der Waals surface area contributed by atoms with E-state index in [0.717, 1.165) is 32.2 Å². The Morgan fingerprint density at radius 1 is 0.659 bits per heavy atom. The maximum absolute atomic E-state index is 12.3. The Hall–Kier alpha value is -1.72. The topological polar surface area (TPSA) is 73.4 Å². The van der Waals surface area contributed by atoms with E-state index in [1.165, 1.54) is 135 Å². The third kappa shape index (κ3) is 25.6. The highest BCUT2D eigenvalue weighted by atomic mass is 16.3. The zero-order chi connectivity index (χ0) is 31.8. The summed E-state index contributed by atoms with van der Waals surface area (Å²) in [6, 6.07) is 5.64. The molecule has 0 saturated carbocycles. The van der Waals surface area contributed by atoms with E-state index in [-0.39, 0.29) is 12.5 Å². The molecule has 0 aliphatic carbocycles. The largest absolute Gasteiger partial charge is 0.394 e. The number of hydrogen-bond acceptors (Lipinski definition) is 3. The molecule has 1 aromatic heterocycles. The number of nitrogens with zero attached hydrogens (tertiary/aromatic N) is 1. The number of unbranched alkanes of at least 4 members (excludes halogenated alkanes) is 23. The predicted molar refractivity (Wildman–Crippen MR) is 187 cm³/mol. The number of hydrogen-bond donors (Lipinski definition) is 3. The van der Waals surface area contributed by atoms with E-state index in [1.54, 1.807) is 6.08 Å². The van der Waals surface area contributed by atoms with Crippen LogP contribution in [0.5, 0.6) is 0 Å². The number of rotatable bonds is 32. The first-order valence-corrected chi connectivity index (χ1v) is 18.9. The molecule has 0 aliphatic heterocycles. The van der Waals surface area contributed by atoms with E-state index in [2.05, 4.69) is 47.4 Å². The Morgan fingerprint density at radius 3 is 1.61 bits per heavy atom. The molecular formula is C39H71N2O3+. The highest BCUT2D eigenvalue weighted by molar-refractivity contribution is 5.76. The van der Waals surface area contributed by atoms with Crippen molar-refractivity contribution in [2.24, 2.45) is 0 Å². The molecule has 0 saturated heterocycles. The molecule has 5 heteroatoms. The van der Waals surface area contributed by atoms with Crippen molar-refractivity contribution in [3.8, 4) is 0 Å². The van der Waals surface area contributed by atoms with Gasteiger partial charge in [0.15, 0.2) is 12.4 Å². The predicted octanol–water partition coefficient (Wildman–Crippen LogP) is 9.53. The molecule has 2 atom stereocenters. The Labute approximate surface area is 272 Å². The second kappa shape index (κ2) is 31.3. The summed E-state index contributed by atoms with van der Waals surface area (Å²) in [4.78, 5) is 12.3. The van der Waals surface area contributed by atoms with E-state index in [1.807, 2.05) is 6.08 Å². The van der Waals surface area contributed by atoms with Gasteiger partial charge in [-0.2, -0.15) is 0 Å². The Bertz CT molecular complexity index is 770. The number of aryl methyl sites for hydroxylation is 1. The van der Waals surface area contributed by atoms with Crippen LogP contribution in [0.1, 0.15) is 174 Å². The maximum atomic E-state index is 12.3. The molecule has 0 aliphatic rings. The molecule has 0 radical (unpaired) electrons. The highest BCUT2D eigenvalue weighted by Gasteiger charge is 2.17. The van der Waals surface area contributed by atoms with Crippen LogP contribution in [0.25, 0.3) is 0 Å². The molecule has 0 unspecified atom stereocenters. The molecule has 0 aromatic carbocycles. The number of aromatic nitrogens is 1. The van der Waals surface area contributed by atoms with Gasteiger partial charge in [0.05, 0.1) is 18.8 Å². The molecule has 0 fully saturated rings. The van der Waals surface area contributed by atoms with Crippen LogP contribution in [0.3, 0.4) is 0 Å². The van der Waals surface area contributed by atoms with Crippen LogP contribution in [0.4, 0.5) is 0 Å². The number of pyridine rings is 1. The maximum Gasteiger partial charge on any atom is 0.220 e. The lowest BCUT2D eigenvalue weighted by molar-refractivity contribution is -0.697. The van der Waals surface area contributed by atoms with E-state index in [4.69, 9.17) is 0 Å². The number of amides is 1. The summed E-state index contributed by atoms with van der Waals surface area (Å²) >= 11 is 0. The lowest BCUT2D eigenvalue weighted by Crippen LogP contribution is -2.45. The molecule has 0 spiro atoms. The minimum absolute atomic E-state index is 0.0688. The van der Waals surface area contributed by atoms with Gasteiger partial charge < -0.3 is 15.5 Å². The molecular weight excluding hydrogens is 544 g/mol. The van der Waals surface area contributed by atoms with Gasteiger partial charge in [0.25, 0.3) is 0 Å². The van der Waals surface area contributed by atoms with Gasteiger partial charge in [-0.1, -0.05) is 154 Å². The fourth-order valence-electron chi connectivity index (χ4n) is 5.92. The van der Waals surface area contributed by atoms with Crippen molar-refractivity contribution < 1.29 is 19.6 Å². The number of aliphatic hydroxyl groups is 2. The Morgan fingerprint density at radius 2 is 1.11 bits per heavy atom. The standard InChI is InChI=1S/C39H70N2O3/c1-2-3-4-5-6-7-8-10-13-16-19-22-26-31-38(43)37(36-42)40-39(44)32-27-23-20-17-14-11-9-12-15-18-21-24-28-33-41-34-29-25-30-35-41/h25-26,29-31,34-35,37-38,42-43H,2-24,27-28,32-33,36H2,1H3/p+1/b31-26+/t37-,38+/m0/s1. The van der Waals surface area contributed by atoms with Gasteiger partial charge in [-0.25, -0.2) is 4.57 Å². The summed E-state index contributed by atoms with van der Waals surface area (Å²) in [5.74, 6) is -0.0688. The summed E-state index contributed by atoms with van der Waals surface area (Å²) < 4.78 is 2.27. The van der Waals surface area contributed by atoms with Crippen LogP contribution >= 0.6 is 0 Å². The normalized spacial score (nSPS) is 13.0. The van der Waals surface area contributed by atoms with E-state index in [0.29, 0.717) is 6.42 Å². The molecule has 0 bridgehead atoms. The second-order valence-electron chi connectivity index (χ2n) is 13.1. The average molecular weight is 616 g/mol. The zero-order valence-electron chi connectivity index (χ0n) is 28.7. The minimum atomic E-state index is -0.838. The number of nitrogens with one attached hydrogen (secondary N) is 1. The fourth-order valence-corrected chi connectivity index (χ4v) is 5.92. The van der Waals surface area contributed by atoms with Gasteiger partial charge in [-0.3, -0.25) is 4.79 Å². The third-order valence-electron chi connectivity index (χ3n) is 8.86. The van der Waals surface area contributed by atoms with Crippen LogP contribution in [-0.4, -0.2) is 34.9 Å². The first kappa shape index (κ1) is 40.3. The summed E-state index contributed by atoms with van der Waals surface area (Å²) in [5, 5.41) is 22.9. The van der Waals surface area contributed by atoms with Crippen LogP contribution in [0.15, 0.2) is 42.7 Å². The second-order valence-corrected chi connectivity index (χ2v) is 13.1. The average Bonchev–Trinajstić information content (AvgIpc) is 3.04. The van der Waals surface area contributed by atoms with Gasteiger partial charge in [0, 0.05) is 25.0 Å². The van der Waals surface area contributed by atoms with Crippen molar-refractivity contribution in [1.82, 2.24) is 5.32 Å². The van der Waals surface area contributed by atoms with Gasteiger partial charge >= 0.3 is 0 Å². The number of carbonyl (C=O) groups is 1. The smallest absolute Gasteiger partial charge is 0.220 e. The lowest BCUT2D eigenvalue weighted by Gasteiger charge is -2.20. The van der Waals surface area contributed by atoms with Crippen LogP contribution < -0.4 is 9.88 Å². The van der Waals surface area contributed by atoms with E-state index >= 15 is 0 Å². The number of aliphatic hydroxyl groups excluding tert-OH is 2. The molecule has 1 rings (SSSR count). The monoisotopic (exact) mass is 616 g/mol. The zero-order valence-corrected chi connectivity index (χ0v) is 28.7.